The maximum atomic E-state index is 12.9. The number of Topliss-reactive ketones (excluding diaryl/α,β-unsaturated/α-hetero) is 4. The SMILES string of the molecule is CCCCc1ccc(C(=O)CCCCC[C@H](CC(=O)CC)C(N)=O)cc1.CNC(=O)COCCOCCCC(=O)[C@H](CCC(=O)O)NC(=O)CC[C@H](CC(=O)C1CCC(CNC(=O)CCCC(=O)O)CC1)C(=O)O. The van der Waals surface area contributed by atoms with E-state index in [-0.39, 0.29) is 143 Å². The number of aryl methyl sites for hydroxylation is 1. The van der Waals surface area contributed by atoms with Crippen molar-refractivity contribution in [3.63, 3.8) is 0 Å². The van der Waals surface area contributed by atoms with Crippen molar-refractivity contribution in [2.24, 2.45) is 29.4 Å². The van der Waals surface area contributed by atoms with Crippen LogP contribution in [0.1, 0.15) is 177 Å². The van der Waals surface area contributed by atoms with Gasteiger partial charge >= 0.3 is 17.9 Å². The smallest absolute Gasteiger partial charge is 0.306 e. The molecule has 1 aromatic carbocycles. The van der Waals surface area contributed by atoms with Crippen LogP contribution < -0.4 is 21.7 Å². The molecule has 2 rings (SSSR count). The highest BCUT2D eigenvalue weighted by atomic mass is 16.5. The normalized spacial score (nSPS) is 15.2. The first kappa shape index (κ1) is 66.1. The molecule has 0 unspecified atom stereocenters. The molecule has 0 bridgehead atoms. The summed E-state index contributed by atoms with van der Waals surface area (Å²) in [4.78, 5) is 130. The fourth-order valence-corrected chi connectivity index (χ4v) is 8.29. The lowest BCUT2D eigenvalue weighted by Crippen LogP contribution is -2.41. The molecule has 0 saturated heterocycles. The third kappa shape index (κ3) is 31.6. The van der Waals surface area contributed by atoms with Gasteiger partial charge in [-0.25, -0.2) is 0 Å². The van der Waals surface area contributed by atoms with E-state index in [1.165, 1.54) is 25.5 Å². The van der Waals surface area contributed by atoms with E-state index < -0.39 is 41.7 Å². The number of hydrogen-bond donors (Lipinski definition) is 7. The van der Waals surface area contributed by atoms with E-state index >= 15 is 0 Å². The molecule has 1 aliphatic rings. The highest BCUT2D eigenvalue weighted by Gasteiger charge is 2.31. The Labute approximate surface area is 435 Å². The highest BCUT2D eigenvalue weighted by molar-refractivity contribution is 5.96. The molecule has 0 radical (unpaired) electrons. The summed E-state index contributed by atoms with van der Waals surface area (Å²) in [5.74, 6) is -6.78. The number of carbonyl (C=O) groups excluding carboxylic acids is 8. The maximum absolute atomic E-state index is 12.9. The number of nitrogens with two attached hydrogens (primary N) is 1. The molecule has 416 valence electrons. The molecular weight excluding hydrogens is 961 g/mol. The predicted octanol–water partition coefficient (Wildman–Crippen LogP) is 5.72. The van der Waals surface area contributed by atoms with Crippen LogP contribution in [-0.4, -0.2) is 126 Å². The molecule has 1 fully saturated rings. The lowest BCUT2D eigenvalue weighted by molar-refractivity contribution is -0.145. The van der Waals surface area contributed by atoms with Crippen molar-refractivity contribution in [3.8, 4) is 0 Å². The van der Waals surface area contributed by atoms with Crippen molar-refractivity contribution in [2.75, 3.05) is 40.0 Å². The second-order valence-corrected chi connectivity index (χ2v) is 19.0. The number of aliphatic carboxylic acids is 3. The number of carboxylic acid groups (broad SMARTS) is 3. The molecule has 20 heteroatoms. The summed E-state index contributed by atoms with van der Waals surface area (Å²) in [6.45, 7) is 4.89. The molecular formula is C54H84N4O16. The second kappa shape index (κ2) is 39.6. The average molecular weight is 1050 g/mol. The van der Waals surface area contributed by atoms with Crippen LogP contribution in [0.2, 0.25) is 0 Å². The molecule has 0 aliphatic heterocycles. The van der Waals surface area contributed by atoms with Gasteiger partial charge in [0, 0.05) is 95.4 Å². The minimum atomic E-state index is -1.21. The lowest BCUT2D eigenvalue weighted by atomic mass is 9.78. The predicted molar refractivity (Wildman–Crippen MR) is 274 cm³/mol. The van der Waals surface area contributed by atoms with Crippen molar-refractivity contribution in [1.82, 2.24) is 16.0 Å². The Morgan fingerprint density at radius 3 is 1.93 bits per heavy atom. The third-order valence-electron chi connectivity index (χ3n) is 13.0. The number of amides is 4. The van der Waals surface area contributed by atoms with Gasteiger partial charge in [-0.2, -0.15) is 0 Å². The number of rotatable bonds is 41. The zero-order valence-electron chi connectivity index (χ0n) is 43.9. The summed E-state index contributed by atoms with van der Waals surface area (Å²) in [5, 5.41) is 35.2. The van der Waals surface area contributed by atoms with E-state index in [1.807, 2.05) is 24.3 Å². The monoisotopic (exact) mass is 1040 g/mol. The molecule has 74 heavy (non-hydrogen) atoms. The third-order valence-corrected chi connectivity index (χ3v) is 13.0. The van der Waals surface area contributed by atoms with Gasteiger partial charge in [0.05, 0.1) is 25.2 Å². The Morgan fingerprint density at radius 1 is 0.649 bits per heavy atom. The first-order valence-electron chi connectivity index (χ1n) is 26.4. The van der Waals surface area contributed by atoms with Gasteiger partial charge in [-0.15, -0.1) is 0 Å². The Balaban J connectivity index is 0.000000883. The van der Waals surface area contributed by atoms with Gasteiger partial charge in [0.1, 0.15) is 18.2 Å². The van der Waals surface area contributed by atoms with Crippen LogP contribution in [0.25, 0.3) is 0 Å². The van der Waals surface area contributed by atoms with Crippen LogP contribution in [0.3, 0.4) is 0 Å². The van der Waals surface area contributed by atoms with Crippen molar-refractivity contribution in [1.29, 1.82) is 0 Å². The molecule has 0 spiro atoms. The van der Waals surface area contributed by atoms with Crippen molar-refractivity contribution < 1.29 is 77.5 Å². The van der Waals surface area contributed by atoms with E-state index in [0.29, 0.717) is 57.9 Å². The van der Waals surface area contributed by atoms with Crippen molar-refractivity contribution in [2.45, 2.75) is 174 Å². The van der Waals surface area contributed by atoms with Crippen LogP contribution in [0.5, 0.6) is 0 Å². The summed E-state index contributed by atoms with van der Waals surface area (Å²) >= 11 is 0. The molecule has 0 heterocycles. The maximum Gasteiger partial charge on any atom is 0.306 e. The zero-order chi connectivity index (χ0) is 55.3. The number of benzene rings is 1. The minimum absolute atomic E-state index is 0.0112. The number of ether oxygens (including phenoxy) is 2. The second-order valence-electron chi connectivity index (χ2n) is 19.0. The average Bonchev–Trinajstić information content (AvgIpc) is 3.37. The quantitative estimate of drug-likeness (QED) is 0.0305. The summed E-state index contributed by atoms with van der Waals surface area (Å²) in [7, 11) is 1.49. The number of carbonyl (C=O) groups is 11. The Kier molecular flexibility index (Phi) is 35.3. The van der Waals surface area contributed by atoms with E-state index in [0.717, 1.165) is 31.2 Å². The van der Waals surface area contributed by atoms with Crippen LogP contribution in [-0.2, 0) is 63.8 Å². The number of carboxylic acids is 3. The number of nitrogens with one attached hydrogen (secondary N) is 3. The molecule has 1 aromatic rings. The first-order valence-corrected chi connectivity index (χ1v) is 26.4. The number of primary amides is 1. The summed E-state index contributed by atoms with van der Waals surface area (Å²) in [5.41, 5.74) is 7.43. The summed E-state index contributed by atoms with van der Waals surface area (Å²) in [6, 6.07) is 6.87. The largest absolute Gasteiger partial charge is 0.481 e. The Bertz CT molecular complexity index is 1930. The molecule has 1 saturated carbocycles. The van der Waals surface area contributed by atoms with Crippen molar-refractivity contribution >= 4 is 64.7 Å². The van der Waals surface area contributed by atoms with E-state index in [2.05, 4.69) is 22.9 Å². The van der Waals surface area contributed by atoms with Gasteiger partial charge < -0.3 is 46.5 Å². The van der Waals surface area contributed by atoms with Gasteiger partial charge in [-0.05, 0) is 88.5 Å². The van der Waals surface area contributed by atoms with Crippen LogP contribution in [0.15, 0.2) is 24.3 Å². The minimum Gasteiger partial charge on any atom is -0.481 e. The van der Waals surface area contributed by atoms with Crippen LogP contribution in [0, 0.1) is 23.7 Å². The van der Waals surface area contributed by atoms with E-state index in [1.54, 1.807) is 6.92 Å². The zero-order valence-corrected chi connectivity index (χ0v) is 43.9. The fourth-order valence-electron chi connectivity index (χ4n) is 8.29. The first-order chi connectivity index (χ1) is 35.3. The van der Waals surface area contributed by atoms with E-state index in [4.69, 9.17) is 25.4 Å². The van der Waals surface area contributed by atoms with Gasteiger partial charge in [0.15, 0.2) is 11.6 Å². The van der Waals surface area contributed by atoms with Gasteiger partial charge in [0.25, 0.3) is 0 Å². The number of likely N-dealkylation sites (N-methyl/N-ethyl adjacent to an activating group) is 1. The molecule has 4 amide bonds. The summed E-state index contributed by atoms with van der Waals surface area (Å²) in [6.07, 6.45) is 9.67. The van der Waals surface area contributed by atoms with Gasteiger partial charge in [0.2, 0.25) is 23.6 Å². The molecule has 8 N–H and O–H groups in total. The molecule has 3 atom stereocenters. The Hall–Kier alpha value is -5.89. The number of ketones is 4. The fraction of sp³-hybridized carbons (Fsp3) is 0.685. The molecule has 0 aromatic heterocycles. The highest BCUT2D eigenvalue weighted by Crippen LogP contribution is 2.31. The topological polar surface area (TPSA) is 329 Å². The number of hydrogen-bond acceptors (Lipinski definition) is 13. The van der Waals surface area contributed by atoms with Crippen LogP contribution >= 0.6 is 0 Å². The van der Waals surface area contributed by atoms with Gasteiger partial charge in [-0.3, -0.25) is 52.7 Å². The lowest BCUT2D eigenvalue weighted by Gasteiger charge is -2.28. The standard InChI is InChI=1S/C32H51N3O13.C22H33NO3/c1-33-29(40)20-48-17-16-47-15-3-4-25(36)24(12-14-31(43)44)35-28(39)13-11-23(32(45)46)18-26(37)22-9-7-21(8-10-22)19-34-27(38)5-2-6-30(41)42;1-3-5-9-17-12-14-18(15-13-17)21(25)11-8-6-7-10-19(22(23)26)16-20(24)4-2/h21-24H,2-20H2,1H3,(H,33,40)(H,34,38)(H,35,39)(H,41,42)(H,43,44)(H,45,46);12-15,19H,3-11,16H2,1-2H3,(H2,23,26)/t21?,22?,23-,24+;19-/m11/s1. The van der Waals surface area contributed by atoms with Crippen LogP contribution in [0.4, 0.5) is 0 Å². The number of unbranched alkanes of at least 4 members (excludes halogenated alkanes) is 3. The Morgan fingerprint density at radius 2 is 1.32 bits per heavy atom. The summed E-state index contributed by atoms with van der Waals surface area (Å²) < 4.78 is 10.5. The molecule has 20 nitrogen and oxygen atoms in total. The van der Waals surface area contributed by atoms with Gasteiger partial charge in [-0.1, -0.05) is 57.4 Å². The van der Waals surface area contributed by atoms with Crippen molar-refractivity contribution in [3.05, 3.63) is 35.4 Å². The van der Waals surface area contributed by atoms with E-state index in [9.17, 15) is 57.8 Å². The molecule has 1 aliphatic carbocycles.